The Morgan fingerprint density at radius 3 is 1.20 bits per heavy atom. The molecule has 0 aromatic carbocycles. The van der Waals surface area contributed by atoms with Crippen molar-refractivity contribution >= 4 is 14.4 Å². The Labute approximate surface area is 127 Å². The standard InChI is InChI=1S/C15H35N3P2/c1-13(2,3)16-19(10)12-20(11,17-14(4,5)6)18(19)15(7,8)9/h12H2,1-11H3. The van der Waals surface area contributed by atoms with Crippen molar-refractivity contribution in [2.45, 2.75) is 78.9 Å². The zero-order valence-electron chi connectivity index (χ0n) is 15.4. The average Bonchev–Trinajstić information content (AvgIpc) is 1.86. The van der Waals surface area contributed by atoms with Gasteiger partial charge in [0, 0.05) is 25.9 Å². The summed E-state index contributed by atoms with van der Waals surface area (Å²) in [5.74, 6) is 1.21. The van der Waals surface area contributed by atoms with Crippen LogP contribution < -0.4 is 0 Å². The molecule has 1 saturated heterocycles. The van der Waals surface area contributed by atoms with Gasteiger partial charge < -0.3 is 0 Å². The maximum atomic E-state index is 5.22. The van der Waals surface area contributed by atoms with Gasteiger partial charge in [0.05, 0.1) is 11.1 Å². The summed E-state index contributed by atoms with van der Waals surface area (Å²) in [4.78, 5) is 0. The lowest BCUT2D eigenvalue weighted by Crippen LogP contribution is -2.44. The van der Waals surface area contributed by atoms with Gasteiger partial charge in [0.15, 0.2) is 0 Å². The SMILES string of the molecule is CC(C)(C)N=P1(C)CP(C)(=NC(C)(C)C)N1C(C)(C)C. The summed E-state index contributed by atoms with van der Waals surface area (Å²) in [5.41, 5.74) is 0.227. The van der Waals surface area contributed by atoms with Crippen LogP contribution in [0.3, 0.4) is 0 Å². The van der Waals surface area contributed by atoms with Crippen molar-refractivity contribution in [3.05, 3.63) is 0 Å². The highest BCUT2D eigenvalue weighted by Crippen LogP contribution is 2.85. The molecule has 20 heavy (non-hydrogen) atoms. The largest absolute Gasteiger partial charge is 0.282 e. The van der Waals surface area contributed by atoms with E-state index >= 15 is 0 Å². The van der Waals surface area contributed by atoms with E-state index in [9.17, 15) is 0 Å². The molecule has 3 nitrogen and oxygen atoms in total. The monoisotopic (exact) mass is 319 g/mol. The quantitative estimate of drug-likeness (QED) is 0.492. The first-order valence-corrected chi connectivity index (χ1v) is 12.2. The summed E-state index contributed by atoms with van der Waals surface area (Å²) in [6.07, 6.45) is 0. The summed E-state index contributed by atoms with van der Waals surface area (Å²) in [7, 11) is -2.78. The van der Waals surface area contributed by atoms with Crippen LogP contribution in [0.5, 0.6) is 0 Å². The summed E-state index contributed by atoms with van der Waals surface area (Å²) in [6.45, 7) is 25.0. The molecule has 2 unspecified atom stereocenters. The number of rotatable bonds is 0. The number of hydrogen-bond acceptors (Lipinski definition) is 2. The van der Waals surface area contributed by atoms with E-state index in [4.69, 9.17) is 9.49 Å². The molecule has 2 atom stereocenters. The van der Waals surface area contributed by atoms with Crippen LogP contribution in [0.1, 0.15) is 62.3 Å². The van der Waals surface area contributed by atoms with E-state index in [-0.39, 0.29) is 16.6 Å². The van der Waals surface area contributed by atoms with E-state index in [1.54, 1.807) is 0 Å². The molecule has 0 aliphatic carbocycles. The van der Waals surface area contributed by atoms with E-state index < -0.39 is 14.4 Å². The highest BCUT2D eigenvalue weighted by atomic mass is 31.3. The third-order valence-corrected chi connectivity index (χ3v) is 14.5. The van der Waals surface area contributed by atoms with Crippen LogP contribution in [0.15, 0.2) is 9.49 Å². The first-order valence-electron chi connectivity index (χ1n) is 7.50. The highest BCUT2D eigenvalue weighted by molar-refractivity contribution is 7.94. The van der Waals surface area contributed by atoms with Crippen molar-refractivity contribution in [3.63, 3.8) is 0 Å². The van der Waals surface area contributed by atoms with E-state index in [0.29, 0.717) is 0 Å². The molecule has 0 aromatic heterocycles. The molecule has 0 amide bonds. The molecule has 0 aromatic rings. The molecule has 0 N–H and O–H groups in total. The zero-order valence-corrected chi connectivity index (χ0v) is 17.2. The third-order valence-electron chi connectivity index (χ3n) is 2.98. The maximum absolute atomic E-state index is 5.22. The lowest BCUT2D eigenvalue weighted by atomic mass is 10.1. The average molecular weight is 319 g/mol. The zero-order chi connectivity index (χ0) is 16.2. The molecule has 1 aliphatic heterocycles. The van der Waals surface area contributed by atoms with E-state index in [0.717, 1.165) is 0 Å². The van der Waals surface area contributed by atoms with Gasteiger partial charge in [-0.05, 0) is 75.6 Å². The number of nitrogens with zero attached hydrogens (tertiary/aromatic N) is 3. The summed E-state index contributed by atoms with van der Waals surface area (Å²) in [6, 6.07) is 0. The van der Waals surface area contributed by atoms with Crippen LogP contribution in [0.4, 0.5) is 0 Å². The fourth-order valence-corrected chi connectivity index (χ4v) is 17.6. The van der Waals surface area contributed by atoms with Gasteiger partial charge in [0.2, 0.25) is 0 Å². The van der Waals surface area contributed by atoms with Gasteiger partial charge in [-0.1, -0.05) is 0 Å². The minimum atomic E-state index is -1.39. The second-order valence-electron chi connectivity index (χ2n) is 9.32. The van der Waals surface area contributed by atoms with E-state index in [2.05, 4.69) is 80.1 Å². The minimum absolute atomic E-state index is 0.0407. The molecule has 120 valence electrons. The molecule has 0 saturated carbocycles. The van der Waals surface area contributed by atoms with Crippen LogP contribution in [-0.2, 0) is 0 Å². The molecule has 0 radical (unpaired) electrons. The van der Waals surface area contributed by atoms with Crippen LogP contribution >= 0.6 is 14.4 Å². The van der Waals surface area contributed by atoms with Gasteiger partial charge in [-0.15, -0.1) is 0 Å². The van der Waals surface area contributed by atoms with Crippen LogP contribution in [0.25, 0.3) is 0 Å². The highest BCUT2D eigenvalue weighted by Gasteiger charge is 2.52. The van der Waals surface area contributed by atoms with Crippen molar-refractivity contribution in [1.29, 1.82) is 0 Å². The number of hydrogen-bond donors (Lipinski definition) is 0. The van der Waals surface area contributed by atoms with Crippen molar-refractivity contribution in [2.24, 2.45) is 9.49 Å². The smallest absolute Gasteiger partial charge is 0.0524 e. The molecule has 1 fully saturated rings. The second kappa shape index (κ2) is 4.97. The molecule has 1 rings (SSSR count). The molecule has 0 spiro atoms. The van der Waals surface area contributed by atoms with Crippen LogP contribution in [0.2, 0.25) is 0 Å². The fourth-order valence-electron chi connectivity index (χ4n) is 3.71. The van der Waals surface area contributed by atoms with Crippen LogP contribution in [-0.4, -0.2) is 40.3 Å². The summed E-state index contributed by atoms with van der Waals surface area (Å²) in [5, 5.41) is 0. The second-order valence-corrected chi connectivity index (χ2v) is 16.3. The van der Waals surface area contributed by atoms with Gasteiger partial charge >= 0.3 is 0 Å². The van der Waals surface area contributed by atoms with Gasteiger partial charge in [-0.2, -0.15) is 0 Å². The lowest BCUT2D eigenvalue weighted by Gasteiger charge is -2.60. The normalized spacial score (nSPS) is 32.8. The Kier molecular flexibility index (Phi) is 4.59. The molecular weight excluding hydrogens is 284 g/mol. The summed E-state index contributed by atoms with van der Waals surface area (Å²) >= 11 is 0. The predicted molar refractivity (Wildman–Crippen MR) is 96.5 cm³/mol. The van der Waals surface area contributed by atoms with E-state index in [1.165, 1.54) is 5.90 Å². The Morgan fingerprint density at radius 2 is 1.00 bits per heavy atom. The van der Waals surface area contributed by atoms with Gasteiger partial charge in [0.25, 0.3) is 0 Å². The van der Waals surface area contributed by atoms with Crippen molar-refractivity contribution < 1.29 is 0 Å². The third kappa shape index (κ3) is 4.21. The molecule has 1 aliphatic rings. The van der Waals surface area contributed by atoms with E-state index in [1.807, 2.05) is 0 Å². The van der Waals surface area contributed by atoms with Crippen LogP contribution in [0, 0.1) is 0 Å². The first-order chi connectivity index (χ1) is 8.49. The van der Waals surface area contributed by atoms with Crippen molar-refractivity contribution in [3.8, 4) is 0 Å². The first kappa shape index (κ1) is 18.5. The topological polar surface area (TPSA) is 28.0 Å². The molecule has 5 heteroatoms. The Bertz CT molecular complexity index is 447. The lowest BCUT2D eigenvalue weighted by molar-refractivity contribution is 0.374. The predicted octanol–water partition coefficient (Wildman–Crippen LogP) is 6.15. The van der Waals surface area contributed by atoms with Gasteiger partial charge in [-0.3, -0.25) is 9.49 Å². The maximum Gasteiger partial charge on any atom is 0.0524 e. The van der Waals surface area contributed by atoms with Gasteiger partial charge in [0.1, 0.15) is 0 Å². The molecule has 1 heterocycles. The van der Waals surface area contributed by atoms with Crippen molar-refractivity contribution in [1.82, 2.24) is 4.44 Å². The Hall–Kier alpha value is 0.420. The van der Waals surface area contributed by atoms with Crippen molar-refractivity contribution in [2.75, 3.05) is 19.2 Å². The minimum Gasteiger partial charge on any atom is -0.282 e. The Balaban J connectivity index is 3.41. The molecular formula is C15H35N3P2. The summed E-state index contributed by atoms with van der Waals surface area (Å²) < 4.78 is 13.2. The fraction of sp³-hybridized carbons (Fsp3) is 1.00. The van der Waals surface area contributed by atoms with Gasteiger partial charge in [-0.25, -0.2) is 4.44 Å². The Morgan fingerprint density at radius 1 is 0.700 bits per heavy atom. The molecule has 0 bridgehead atoms.